The highest BCUT2D eigenvalue weighted by molar-refractivity contribution is 5.30. The van der Waals surface area contributed by atoms with Crippen LogP contribution in [-0.4, -0.2) is 31.6 Å². The lowest BCUT2D eigenvalue weighted by molar-refractivity contribution is 0.0882. The topological polar surface area (TPSA) is 29.3 Å². The van der Waals surface area contributed by atoms with Gasteiger partial charge in [-0.2, -0.15) is 0 Å². The predicted octanol–water partition coefficient (Wildman–Crippen LogP) is 2.91. The fourth-order valence-electron chi connectivity index (χ4n) is 3.03. The minimum Gasteiger partial charge on any atom is -0.330 e. The van der Waals surface area contributed by atoms with Gasteiger partial charge in [0.25, 0.3) is 0 Å². The minimum atomic E-state index is 0.429. The average Bonchev–Trinajstić information content (AvgIpc) is 2.35. The summed E-state index contributed by atoms with van der Waals surface area (Å²) in [4.78, 5) is 2.46. The van der Waals surface area contributed by atoms with Crippen molar-refractivity contribution < 1.29 is 0 Å². The van der Waals surface area contributed by atoms with Crippen LogP contribution in [0.15, 0.2) is 18.2 Å². The smallest absolute Gasteiger partial charge is 0.00471 e. The van der Waals surface area contributed by atoms with E-state index in [9.17, 15) is 0 Å². The van der Waals surface area contributed by atoms with Crippen LogP contribution in [0.2, 0.25) is 0 Å². The first kappa shape index (κ1) is 14.5. The van der Waals surface area contributed by atoms with E-state index >= 15 is 0 Å². The van der Waals surface area contributed by atoms with Crippen LogP contribution in [0.4, 0.5) is 0 Å². The second-order valence-electron chi connectivity index (χ2n) is 6.46. The van der Waals surface area contributed by atoms with Gasteiger partial charge in [-0.25, -0.2) is 0 Å². The summed E-state index contributed by atoms with van der Waals surface area (Å²) >= 11 is 0. The van der Waals surface area contributed by atoms with E-state index in [0.717, 1.165) is 26.1 Å². The Morgan fingerprint density at radius 3 is 2.47 bits per heavy atom. The molecule has 2 heteroatoms. The molecule has 0 radical (unpaired) electrons. The number of benzene rings is 1. The third-order valence-corrected chi connectivity index (χ3v) is 4.81. The monoisotopic (exact) mass is 260 g/mol. The maximum atomic E-state index is 5.93. The first-order valence-corrected chi connectivity index (χ1v) is 7.49. The molecule has 2 rings (SSSR count). The van der Waals surface area contributed by atoms with E-state index < -0.39 is 0 Å². The van der Waals surface area contributed by atoms with Crippen molar-refractivity contribution in [3.63, 3.8) is 0 Å². The molecule has 0 bridgehead atoms. The molecule has 0 spiro atoms. The van der Waals surface area contributed by atoms with Crippen molar-refractivity contribution in [2.24, 2.45) is 11.1 Å². The predicted molar refractivity (Wildman–Crippen MR) is 82.5 cm³/mol. The lowest BCUT2D eigenvalue weighted by Crippen LogP contribution is -2.46. The van der Waals surface area contributed by atoms with Crippen molar-refractivity contribution in [3.05, 3.63) is 34.9 Å². The zero-order valence-corrected chi connectivity index (χ0v) is 12.7. The highest BCUT2D eigenvalue weighted by Gasteiger charge is 2.36. The zero-order valence-electron chi connectivity index (χ0n) is 12.7. The van der Waals surface area contributed by atoms with Crippen LogP contribution >= 0.6 is 0 Å². The molecule has 0 heterocycles. The van der Waals surface area contributed by atoms with E-state index in [4.69, 9.17) is 5.73 Å². The Hall–Kier alpha value is -0.860. The van der Waals surface area contributed by atoms with Crippen molar-refractivity contribution >= 4 is 0 Å². The number of hydrogen-bond donors (Lipinski definition) is 1. The molecule has 0 atom stereocenters. The second-order valence-corrected chi connectivity index (χ2v) is 6.46. The molecule has 2 N–H and O–H groups in total. The average molecular weight is 260 g/mol. The third-order valence-electron chi connectivity index (χ3n) is 4.81. The fourth-order valence-corrected chi connectivity index (χ4v) is 3.03. The van der Waals surface area contributed by atoms with Gasteiger partial charge in [-0.05, 0) is 68.8 Å². The summed E-state index contributed by atoms with van der Waals surface area (Å²) in [7, 11) is 2.23. The molecule has 1 aliphatic rings. The Bertz CT molecular complexity index is 416. The van der Waals surface area contributed by atoms with Crippen LogP contribution in [0.1, 0.15) is 36.0 Å². The lowest BCUT2D eigenvalue weighted by Gasteiger charge is -2.43. The van der Waals surface area contributed by atoms with Crippen molar-refractivity contribution in [3.8, 4) is 0 Å². The molecule has 0 aliphatic heterocycles. The van der Waals surface area contributed by atoms with E-state index in [1.807, 2.05) is 0 Å². The van der Waals surface area contributed by atoms with Crippen LogP contribution in [0, 0.1) is 19.3 Å². The van der Waals surface area contributed by atoms with E-state index in [2.05, 4.69) is 44.0 Å². The summed E-state index contributed by atoms with van der Waals surface area (Å²) in [6.07, 6.45) is 5.13. The van der Waals surface area contributed by atoms with E-state index in [1.54, 1.807) is 0 Å². The highest BCUT2D eigenvalue weighted by atomic mass is 15.1. The van der Waals surface area contributed by atoms with Crippen molar-refractivity contribution in [2.45, 2.75) is 39.5 Å². The number of likely N-dealkylation sites (N-methyl/N-ethyl adjacent to an activating group) is 1. The Labute approximate surface area is 118 Å². The van der Waals surface area contributed by atoms with Crippen LogP contribution in [0.3, 0.4) is 0 Å². The molecule has 106 valence electrons. The minimum absolute atomic E-state index is 0.429. The lowest BCUT2D eigenvalue weighted by atomic mass is 9.68. The molecule has 1 aliphatic carbocycles. The standard InChI is InChI=1S/C17H28N2/c1-14-5-6-16(11-15(14)2)7-10-19(3)13-17(12-18)8-4-9-17/h5-6,11H,4,7-10,12-13,18H2,1-3H3. The van der Waals surface area contributed by atoms with E-state index in [0.29, 0.717) is 5.41 Å². The maximum Gasteiger partial charge on any atom is 0.00471 e. The third kappa shape index (κ3) is 3.58. The van der Waals surface area contributed by atoms with Gasteiger partial charge < -0.3 is 10.6 Å². The zero-order chi connectivity index (χ0) is 13.9. The quantitative estimate of drug-likeness (QED) is 0.852. The molecule has 1 saturated carbocycles. The molecular formula is C17H28N2. The Kier molecular flexibility index (Phi) is 4.64. The molecule has 0 unspecified atom stereocenters. The van der Waals surface area contributed by atoms with Gasteiger partial charge in [-0.15, -0.1) is 0 Å². The molecule has 0 aromatic heterocycles. The normalized spacial score (nSPS) is 17.5. The highest BCUT2D eigenvalue weighted by Crippen LogP contribution is 2.40. The van der Waals surface area contributed by atoms with Gasteiger partial charge in [0.05, 0.1) is 0 Å². The SMILES string of the molecule is Cc1ccc(CCN(C)CC2(CN)CCC2)cc1C. The summed E-state index contributed by atoms with van der Waals surface area (Å²) in [5.41, 5.74) is 10.6. The number of rotatable bonds is 6. The molecule has 1 aromatic rings. The first-order chi connectivity index (χ1) is 9.04. The van der Waals surface area contributed by atoms with Crippen LogP contribution in [-0.2, 0) is 6.42 Å². The number of aryl methyl sites for hydroxylation is 2. The number of nitrogens with zero attached hydrogens (tertiary/aromatic N) is 1. The molecule has 0 amide bonds. The van der Waals surface area contributed by atoms with Gasteiger partial charge in [0, 0.05) is 13.1 Å². The summed E-state index contributed by atoms with van der Waals surface area (Å²) in [5, 5.41) is 0. The fraction of sp³-hybridized carbons (Fsp3) is 0.647. The first-order valence-electron chi connectivity index (χ1n) is 7.49. The van der Waals surface area contributed by atoms with E-state index in [-0.39, 0.29) is 0 Å². The van der Waals surface area contributed by atoms with E-state index in [1.165, 1.54) is 36.0 Å². The van der Waals surface area contributed by atoms with Crippen molar-refractivity contribution in [2.75, 3.05) is 26.7 Å². The van der Waals surface area contributed by atoms with Gasteiger partial charge in [0.15, 0.2) is 0 Å². The van der Waals surface area contributed by atoms with Gasteiger partial charge in [0.1, 0.15) is 0 Å². The Morgan fingerprint density at radius 2 is 1.95 bits per heavy atom. The van der Waals surface area contributed by atoms with Gasteiger partial charge in [0.2, 0.25) is 0 Å². The van der Waals surface area contributed by atoms with Crippen LogP contribution in [0.25, 0.3) is 0 Å². The van der Waals surface area contributed by atoms with Gasteiger partial charge in [-0.1, -0.05) is 24.6 Å². The second kappa shape index (κ2) is 6.06. The molecule has 2 nitrogen and oxygen atoms in total. The number of nitrogens with two attached hydrogens (primary N) is 1. The van der Waals surface area contributed by atoms with Gasteiger partial charge in [-0.3, -0.25) is 0 Å². The molecular weight excluding hydrogens is 232 g/mol. The molecule has 19 heavy (non-hydrogen) atoms. The number of hydrogen-bond acceptors (Lipinski definition) is 2. The van der Waals surface area contributed by atoms with Crippen molar-refractivity contribution in [1.82, 2.24) is 4.90 Å². The van der Waals surface area contributed by atoms with Crippen LogP contribution in [0.5, 0.6) is 0 Å². The molecule has 1 fully saturated rings. The molecule has 0 saturated heterocycles. The summed E-state index contributed by atoms with van der Waals surface area (Å²) < 4.78 is 0. The van der Waals surface area contributed by atoms with Crippen LogP contribution < -0.4 is 5.73 Å². The van der Waals surface area contributed by atoms with Crippen molar-refractivity contribution in [1.29, 1.82) is 0 Å². The Balaban J connectivity index is 1.82. The van der Waals surface area contributed by atoms with Gasteiger partial charge >= 0.3 is 0 Å². The summed E-state index contributed by atoms with van der Waals surface area (Å²) in [6, 6.07) is 6.82. The summed E-state index contributed by atoms with van der Waals surface area (Å²) in [6.45, 7) is 7.51. The maximum absolute atomic E-state index is 5.93. The largest absolute Gasteiger partial charge is 0.330 e. The molecule has 1 aromatic carbocycles. The summed E-state index contributed by atoms with van der Waals surface area (Å²) in [5.74, 6) is 0. The Morgan fingerprint density at radius 1 is 1.21 bits per heavy atom.